The number of aliphatic carboxylic acids is 1. The molecule has 1 heterocycles. The summed E-state index contributed by atoms with van der Waals surface area (Å²) in [5, 5.41) is 13.9. The van der Waals surface area contributed by atoms with Crippen molar-refractivity contribution in [2.24, 2.45) is 0 Å². The van der Waals surface area contributed by atoms with Crippen molar-refractivity contribution >= 4 is 12.0 Å². The lowest BCUT2D eigenvalue weighted by atomic mass is 10.1. The highest BCUT2D eigenvalue weighted by molar-refractivity contribution is 5.73. The van der Waals surface area contributed by atoms with Crippen LogP contribution in [0.1, 0.15) is 37.7 Å². The smallest absolute Gasteiger partial charge is 0.315 e. The van der Waals surface area contributed by atoms with Gasteiger partial charge in [0.05, 0.1) is 12.5 Å². The van der Waals surface area contributed by atoms with Crippen molar-refractivity contribution in [3.05, 3.63) is 24.2 Å². The first-order valence-corrected chi connectivity index (χ1v) is 6.43. The molecule has 0 aliphatic heterocycles. The van der Waals surface area contributed by atoms with Crippen LogP contribution in [0.4, 0.5) is 4.79 Å². The Kier molecular flexibility index (Phi) is 7.16. The summed E-state index contributed by atoms with van der Waals surface area (Å²) >= 11 is 0. The first-order valence-electron chi connectivity index (χ1n) is 6.43. The van der Waals surface area contributed by atoms with Gasteiger partial charge in [0, 0.05) is 25.1 Å². The quantitative estimate of drug-likeness (QED) is 0.598. The number of hydrogen-bond donors (Lipinski definition) is 3. The van der Waals surface area contributed by atoms with Crippen LogP contribution in [-0.2, 0) is 11.3 Å². The van der Waals surface area contributed by atoms with Gasteiger partial charge in [0.1, 0.15) is 0 Å². The topological polar surface area (TPSA) is 91.6 Å². The molecule has 19 heavy (non-hydrogen) atoms. The Hall–Kier alpha value is -1.98. The maximum atomic E-state index is 11.4. The van der Waals surface area contributed by atoms with E-state index >= 15 is 0 Å². The molecule has 0 radical (unpaired) electrons. The number of carbonyl (C=O) groups is 2. The fourth-order valence-electron chi connectivity index (χ4n) is 1.59. The third-order valence-corrected chi connectivity index (χ3v) is 2.64. The number of hydrogen-bond acceptors (Lipinski definition) is 3. The van der Waals surface area contributed by atoms with Gasteiger partial charge >= 0.3 is 12.0 Å². The Morgan fingerprint density at radius 3 is 2.63 bits per heavy atom. The van der Waals surface area contributed by atoms with Crippen LogP contribution < -0.4 is 10.6 Å². The molecule has 0 fully saturated rings. The Morgan fingerprint density at radius 1 is 1.16 bits per heavy atom. The van der Waals surface area contributed by atoms with Crippen LogP contribution in [0.2, 0.25) is 0 Å². The van der Waals surface area contributed by atoms with E-state index in [0.717, 1.165) is 24.8 Å². The van der Waals surface area contributed by atoms with Crippen LogP contribution in [0.25, 0.3) is 0 Å². The Morgan fingerprint density at radius 2 is 1.95 bits per heavy atom. The number of rotatable bonds is 9. The summed E-state index contributed by atoms with van der Waals surface area (Å²) in [5.74, 6) is -0.753. The van der Waals surface area contributed by atoms with Crippen LogP contribution in [0, 0.1) is 0 Å². The molecule has 6 heteroatoms. The van der Waals surface area contributed by atoms with Gasteiger partial charge < -0.3 is 20.2 Å². The fraction of sp³-hybridized carbons (Fsp3) is 0.538. The minimum atomic E-state index is -0.753. The number of carboxylic acids is 1. The van der Waals surface area contributed by atoms with Crippen LogP contribution in [0.3, 0.4) is 0 Å². The summed E-state index contributed by atoms with van der Waals surface area (Å²) in [6.07, 6.45) is 6.73. The first-order chi connectivity index (χ1) is 9.18. The molecule has 0 aliphatic rings. The van der Waals surface area contributed by atoms with Gasteiger partial charge in [0.25, 0.3) is 0 Å². The zero-order valence-corrected chi connectivity index (χ0v) is 10.9. The van der Waals surface area contributed by atoms with Gasteiger partial charge in [-0.15, -0.1) is 0 Å². The second kappa shape index (κ2) is 9.02. The molecule has 1 aromatic rings. The monoisotopic (exact) mass is 268 g/mol. The van der Waals surface area contributed by atoms with Gasteiger partial charge in [-0.25, -0.2) is 4.79 Å². The van der Waals surface area contributed by atoms with E-state index in [1.165, 1.54) is 0 Å². The van der Waals surface area contributed by atoms with Crippen molar-refractivity contribution in [1.82, 2.24) is 10.6 Å². The van der Waals surface area contributed by atoms with Crippen molar-refractivity contribution in [2.45, 2.75) is 38.6 Å². The average Bonchev–Trinajstić information content (AvgIpc) is 2.88. The van der Waals surface area contributed by atoms with E-state index in [4.69, 9.17) is 9.52 Å². The summed E-state index contributed by atoms with van der Waals surface area (Å²) < 4.78 is 4.89. The molecule has 0 atom stereocenters. The minimum absolute atomic E-state index is 0.202. The molecule has 0 saturated carbocycles. The number of carboxylic acid groups (broad SMARTS) is 1. The van der Waals surface area contributed by atoms with E-state index < -0.39 is 5.97 Å². The van der Waals surface area contributed by atoms with Gasteiger partial charge in [0.2, 0.25) is 0 Å². The summed E-state index contributed by atoms with van der Waals surface area (Å²) in [6.45, 7) is 1.05. The van der Waals surface area contributed by atoms with Crippen LogP contribution >= 0.6 is 0 Å². The van der Waals surface area contributed by atoms with E-state index in [0.29, 0.717) is 19.5 Å². The number of amides is 2. The molecule has 3 N–H and O–H groups in total. The summed E-state index contributed by atoms with van der Waals surface area (Å²) in [6, 6.07) is 1.59. The normalized spacial score (nSPS) is 10.1. The molecule has 106 valence electrons. The molecule has 0 aliphatic carbocycles. The predicted octanol–water partition coefficient (Wildman–Crippen LogP) is 2.11. The lowest BCUT2D eigenvalue weighted by Crippen LogP contribution is -2.35. The average molecular weight is 268 g/mol. The van der Waals surface area contributed by atoms with Gasteiger partial charge in [-0.3, -0.25) is 4.79 Å². The Balaban J connectivity index is 1.91. The second-order valence-electron chi connectivity index (χ2n) is 4.30. The minimum Gasteiger partial charge on any atom is -0.481 e. The van der Waals surface area contributed by atoms with Crippen LogP contribution in [0.5, 0.6) is 0 Å². The number of furan rings is 1. The lowest BCUT2D eigenvalue weighted by molar-refractivity contribution is -0.137. The summed E-state index contributed by atoms with van der Waals surface area (Å²) in [5.41, 5.74) is 0.920. The van der Waals surface area contributed by atoms with Crippen LogP contribution in [0.15, 0.2) is 23.0 Å². The third kappa shape index (κ3) is 7.86. The molecule has 0 bridgehead atoms. The second-order valence-corrected chi connectivity index (χ2v) is 4.30. The molecular formula is C13H20N2O4. The fourth-order valence-corrected chi connectivity index (χ4v) is 1.59. The molecular weight excluding hydrogens is 248 g/mol. The molecule has 0 saturated heterocycles. The molecule has 0 unspecified atom stereocenters. The van der Waals surface area contributed by atoms with E-state index in [1.807, 2.05) is 0 Å². The van der Waals surface area contributed by atoms with Crippen molar-refractivity contribution in [1.29, 1.82) is 0 Å². The van der Waals surface area contributed by atoms with Crippen LogP contribution in [-0.4, -0.2) is 23.7 Å². The van der Waals surface area contributed by atoms with Crippen molar-refractivity contribution in [2.75, 3.05) is 6.54 Å². The highest BCUT2D eigenvalue weighted by Gasteiger charge is 2.01. The molecule has 6 nitrogen and oxygen atoms in total. The zero-order chi connectivity index (χ0) is 13.9. The predicted molar refractivity (Wildman–Crippen MR) is 69.7 cm³/mol. The van der Waals surface area contributed by atoms with E-state index in [-0.39, 0.29) is 12.5 Å². The highest BCUT2D eigenvalue weighted by atomic mass is 16.4. The van der Waals surface area contributed by atoms with Crippen molar-refractivity contribution < 1.29 is 19.1 Å². The highest BCUT2D eigenvalue weighted by Crippen LogP contribution is 2.02. The van der Waals surface area contributed by atoms with Gasteiger partial charge in [-0.1, -0.05) is 12.8 Å². The molecule has 0 aromatic carbocycles. The zero-order valence-electron chi connectivity index (χ0n) is 10.9. The SMILES string of the molecule is O=C(O)CCCCCCNC(=O)NCc1ccoc1. The first kappa shape index (κ1) is 15.1. The van der Waals surface area contributed by atoms with E-state index in [2.05, 4.69) is 10.6 Å². The van der Waals surface area contributed by atoms with Gasteiger partial charge in [0.15, 0.2) is 0 Å². The molecule has 0 spiro atoms. The number of nitrogens with one attached hydrogen (secondary N) is 2. The van der Waals surface area contributed by atoms with Gasteiger partial charge in [-0.2, -0.15) is 0 Å². The maximum Gasteiger partial charge on any atom is 0.315 e. The van der Waals surface area contributed by atoms with E-state index in [9.17, 15) is 9.59 Å². The van der Waals surface area contributed by atoms with Gasteiger partial charge in [-0.05, 0) is 18.9 Å². The maximum absolute atomic E-state index is 11.4. The Bertz CT molecular complexity index is 376. The molecule has 1 rings (SSSR count). The third-order valence-electron chi connectivity index (χ3n) is 2.64. The number of carbonyl (C=O) groups excluding carboxylic acids is 1. The summed E-state index contributed by atoms with van der Waals surface area (Å²) in [7, 11) is 0. The number of unbranched alkanes of at least 4 members (excludes halogenated alkanes) is 3. The lowest BCUT2D eigenvalue weighted by Gasteiger charge is -2.06. The number of urea groups is 1. The van der Waals surface area contributed by atoms with Crippen molar-refractivity contribution in [3.8, 4) is 0 Å². The molecule has 2 amide bonds. The van der Waals surface area contributed by atoms with E-state index in [1.54, 1.807) is 18.6 Å². The Labute approximate surface area is 112 Å². The molecule has 1 aromatic heterocycles. The van der Waals surface area contributed by atoms with Crippen molar-refractivity contribution in [3.63, 3.8) is 0 Å². The largest absolute Gasteiger partial charge is 0.481 e. The standard InChI is InChI=1S/C13H20N2O4/c16-12(17)5-3-1-2-4-7-14-13(18)15-9-11-6-8-19-10-11/h6,8,10H,1-5,7,9H2,(H,16,17)(H2,14,15,18). The summed E-state index contributed by atoms with van der Waals surface area (Å²) in [4.78, 5) is 21.7.